The predicted octanol–water partition coefficient (Wildman–Crippen LogP) is 1.17. The van der Waals surface area contributed by atoms with Crippen molar-refractivity contribution < 1.29 is 14.8 Å². The van der Waals surface area contributed by atoms with Crippen LogP contribution in [0.25, 0.3) is 0 Å². The SMILES string of the molecule is COc1cc([C@@H](CC#N)N2CCNCC2)cc([N+](=O)[O-])c1O. The molecule has 0 bridgehead atoms. The summed E-state index contributed by atoms with van der Waals surface area (Å²) in [5.41, 5.74) is 0.192. The number of rotatable bonds is 5. The Morgan fingerprint density at radius 3 is 2.77 bits per heavy atom. The molecule has 1 saturated heterocycles. The number of phenolic OH excluding ortho intramolecular Hbond substituents is 1. The normalized spacial score (nSPS) is 16.7. The van der Waals surface area contributed by atoms with E-state index in [1.54, 1.807) is 6.07 Å². The minimum absolute atomic E-state index is 0.0438. The van der Waals surface area contributed by atoms with Crippen molar-refractivity contribution in [1.29, 1.82) is 5.26 Å². The van der Waals surface area contributed by atoms with E-state index in [1.165, 1.54) is 13.2 Å². The van der Waals surface area contributed by atoms with Gasteiger partial charge in [-0.15, -0.1) is 0 Å². The number of hydrogen-bond acceptors (Lipinski definition) is 7. The molecule has 22 heavy (non-hydrogen) atoms. The van der Waals surface area contributed by atoms with Crippen LogP contribution >= 0.6 is 0 Å². The van der Waals surface area contributed by atoms with E-state index < -0.39 is 16.4 Å². The number of nitro groups is 1. The Bertz CT molecular complexity index is 593. The van der Waals surface area contributed by atoms with Gasteiger partial charge in [-0.25, -0.2) is 0 Å². The Kier molecular flexibility index (Phi) is 5.14. The second kappa shape index (κ2) is 7.06. The van der Waals surface area contributed by atoms with Crippen LogP contribution < -0.4 is 10.1 Å². The van der Waals surface area contributed by atoms with Crippen LogP contribution in [0.3, 0.4) is 0 Å². The molecular weight excluding hydrogens is 288 g/mol. The van der Waals surface area contributed by atoms with Gasteiger partial charge in [0.05, 0.1) is 24.5 Å². The van der Waals surface area contributed by atoms with Crippen LogP contribution in [0.2, 0.25) is 0 Å². The standard InChI is InChI=1S/C14H18N4O4/c1-22-13-9-10(8-12(14(13)19)18(20)21)11(2-3-15)17-6-4-16-5-7-17/h8-9,11,16,19H,2,4-7H2,1H3/t11-/m1/s1. The van der Waals surface area contributed by atoms with Gasteiger partial charge in [0.1, 0.15) is 0 Å². The van der Waals surface area contributed by atoms with E-state index in [1.807, 2.05) is 0 Å². The van der Waals surface area contributed by atoms with Crippen molar-refractivity contribution in [2.75, 3.05) is 33.3 Å². The molecule has 1 fully saturated rings. The Morgan fingerprint density at radius 2 is 2.23 bits per heavy atom. The highest BCUT2D eigenvalue weighted by Gasteiger charge is 2.27. The van der Waals surface area contributed by atoms with Gasteiger partial charge in [-0.05, 0) is 11.6 Å². The largest absolute Gasteiger partial charge is 0.500 e. The molecule has 1 aliphatic heterocycles. The molecule has 1 aromatic carbocycles. The number of nitro benzene ring substituents is 1. The van der Waals surface area contributed by atoms with Crippen molar-refractivity contribution in [1.82, 2.24) is 10.2 Å². The number of aromatic hydroxyl groups is 1. The van der Waals surface area contributed by atoms with E-state index in [4.69, 9.17) is 10.00 Å². The fourth-order valence-electron chi connectivity index (χ4n) is 2.64. The quantitative estimate of drug-likeness (QED) is 0.620. The van der Waals surface area contributed by atoms with Crippen molar-refractivity contribution >= 4 is 5.69 Å². The minimum Gasteiger partial charge on any atom is -0.500 e. The first-order valence-electron chi connectivity index (χ1n) is 6.95. The molecular formula is C14H18N4O4. The molecule has 2 N–H and O–H groups in total. The molecule has 118 valence electrons. The number of nitrogens with one attached hydrogen (secondary N) is 1. The van der Waals surface area contributed by atoms with Crippen molar-refractivity contribution in [3.8, 4) is 17.6 Å². The van der Waals surface area contributed by atoms with Crippen molar-refractivity contribution in [3.05, 3.63) is 27.8 Å². The second-order valence-corrected chi connectivity index (χ2v) is 5.01. The van der Waals surface area contributed by atoms with Crippen LogP contribution in [0.4, 0.5) is 5.69 Å². The lowest BCUT2D eigenvalue weighted by Crippen LogP contribution is -2.45. The minimum atomic E-state index is -0.650. The van der Waals surface area contributed by atoms with E-state index in [0.29, 0.717) is 5.56 Å². The van der Waals surface area contributed by atoms with E-state index in [9.17, 15) is 15.2 Å². The zero-order chi connectivity index (χ0) is 16.1. The van der Waals surface area contributed by atoms with Crippen molar-refractivity contribution in [2.45, 2.75) is 12.5 Å². The summed E-state index contributed by atoms with van der Waals surface area (Å²) < 4.78 is 5.02. The molecule has 1 heterocycles. The number of piperazine rings is 1. The molecule has 0 unspecified atom stereocenters. The highest BCUT2D eigenvalue weighted by Crippen LogP contribution is 2.40. The summed E-state index contributed by atoms with van der Waals surface area (Å²) in [6.45, 7) is 3.12. The fraction of sp³-hybridized carbons (Fsp3) is 0.500. The highest BCUT2D eigenvalue weighted by molar-refractivity contribution is 5.57. The van der Waals surface area contributed by atoms with Crippen LogP contribution in [-0.4, -0.2) is 48.2 Å². The Morgan fingerprint density at radius 1 is 1.55 bits per heavy atom. The first-order valence-corrected chi connectivity index (χ1v) is 6.95. The van der Waals surface area contributed by atoms with E-state index in [2.05, 4.69) is 16.3 Å². The highest BCUT2D eigenvalue weighted by atomic mass is 16.6. The third-order valence-corrected chi connectivity index (χ3v) is 3.76. The summed E-state index contributed by atoms with van der Waals surface area (Å²) in [5.74, 6) is -0.449. The zero-order valence-corrected chi connectivity index (χ0v) is 12.3. The van der Waals surface area contributed by atoms with Gasteiger partial charge in [-0.3, -0.25) is 15.0 Å². The molecule has 1 aromatic rings. The number of nitrogens with zero attached hydrogens (tertiary/aromatic N) is 3. The van der Waals surface area contributed by atoms with Gasteiger partial charge >= 0.3 is 5.69 Å². The van der Waals surface area contributed by atoms with Gasteiger partial charge in [0.15, 0.2) is 5.75 Å². The number of hydrogen-bond donors (Lipinski definition) is 2. The molecule has 1 aliphatic rings. The van der Waals surface area contributed by atoms with E-state index in [-0.39, 0.29) is 18.2 Å². The lowest BCUT2D eigenvalue weighted by atomic mass is 10.00. The maximum Gasteiger partial charge on any atom is 0.314 e. The second-order valence-electron chi connectivity index (χ2n) is 5.01. The Hall–Kier alpha value is -2.37. The lowest BCUT2D eigenvalue weighted by molar-refractivity contribution is -0.386. The molecule has 0 spiro atoms. The lowest BCUT2D eigenvalue weighted by Gasteiger charge is -2.34. The predicted molar refractivity (Wildman–Crippen MR) is 78.7 cm³/mol. The van der Waals surface area contributed by atoms with Crippen LogP contribution in [0.5, 0.6) is 11.5 Å². The van der Waals surface area contributed by atoms with E-state index >= 15 is 0 Å². The molecule has 1 atom stereocenters. The number of benzene rings is 1. The van der Waals surface area contributed by atoms with Crippen molar-refractivity contribution in [3.63, 3.8) is 0 Å². The maximum atomic E-state index is 11.1. The third-order valence-electron chi connectivity index (χ3n) is 3.76. The number of methoxy groups -OCH3 is 1. The van der Waals surface area contributed by atoms with Gasteiger partial charge in [-0.2, -0.15) is 5.26 Å². The maximum absolute atomic E-state index is 11.1. The zero-order valence-electron chi connectivity index (χ0n) is 12.3. The molecule has 0 aromatic heterocycles. The Labute approximate surface area is 128 Å². The van der Waals surface area contributed by atoms with Gasteiger partial charge in [0, 0.05) is 38.3 Å². The van der Waals surface area contributed by atoms with Gasteiger partial charge in [-0.1, -0.05) is 0 Å². The topological polar surface area (TPSA) is 112 Å². The molecule has 0 aliphatic carbocycles. The first kappa shape index (κ1) is 16.0. The van der Waals surface area contributed by atoms with Gasteiger partial charge < -0.3 is 15.2 Å². The van der Waals surface area contributed by atoms with Crippen LogP contribution in [-0.2, 0) is 0 Å². The monoisotopic (exact) mass is 306 g/mol. The summed E-state index contributed by atoms with van der Waals surface area (Å²) in [6.07, 6.45) is 0.213. The van der Waals surface area contributed by atoms with E-state index in [0.717, 1.165) is 26.2 Å². The summed E-state index contributed by atoms with van der Waals surface area (Å²) >= 11 is 0. The molecule has 0 amide bonds. The van der Waals surface area contributed by atoms with Crippen molar-refractivity contribution in [2.24, 2.45) is 0 Å². The smallest absolute Gasteiger partial charge is 0.314 e. The molecule has 0 radical (unpaired) electrons. The summed E-state index contributed by atoms with van der Waals surface area (Å²) in [6, 6.07) is 4.75. The van der Waals surface area contributed by atoms with Crippen LogP contribution in [0.1, 0.15) is 18.0 Å². The van der Waals surface area contributed by atoms with Crippen LogP contribution in [0, 0.1) is 21.4 Å². The van der Waals surface area contributed by atoms with Crippen LogP contribution in [0.15, 0.2) is 12.1 Å². The molecule has 2 rings (SSSR count). The fourth-order valence-corrected chi connectivity index (χ4v) is 2.64. The summed E-state index contributed by atoms with van der Waals surface area (Å²) in [4.78, 5) is 12.6. The molecule has 0 saturated carbocycles. The third kappa shape index (κ3) is 3.27. The molecule has 8 heteroatoms. The first-order chi connectivity index (χ1) is 10.6. The number of phenols is 1. The molecule has 8 nitrogen and oxygen atoms in total. The van der Waals surface area contributed by atoms with Gasteiger partial charge in [0.25, 0.3) is 0 Å². The van der Waals surface area contributed by atoms with Gasteiger partial charge in [0.2, 0.25) is 5.75 Å². The number of nitriles is 1. The average molecular weight is 306 g/mol. The summed E-state index contributed by atoms with van der Waals surface area (Å²) in [7, 11) is 1.34. The number of ether oxygens (including phenoxy) is 1. The Balaban J connectivity index is 2.44. The average Bonchev–Trinajstić information content (AvgIpc) is 2.53. The summed E-state index contributed by atoms with van der Waals surface area (Å²) in [5, 5.41) is 33.3.